The quantitative estimate of drug-likeness (QED) is 0.0121. The molecule has 0 fully saturated rings. The van der Waals surface area contributed by atoms with Crippen molar-refractivity contribution in [2.75, 3.05) is 24.7 Å². The Morgan fingerprint density at radius 2 is 0.540 bits per heavy atom. The van der Waals surface area contributed by atoms with Crippen molar-refractivity contribution in [1.29, 1.82) is 0 Å². The zero-order valence-corrected chi connectivity index (χ0v) is 77.6. The van der Waals surface area contributed by atoms with Crippen molar-refractivity contribution in [3.8, 4) is 23.0 Å². The van der Waals surface area contributed by atoms with Crippen molar-refractivity contribution in [3.05, 3.63) is 245 Å². The van der Waals surface area contributed by atoms with E-state index in [2.05, 4.69) is 86.6 Å². The molecule has 0 radical (unpaired) electrons. The number of hydrogen-bond acceptors (Lipinski definition) is 21. The van der Waals surface area contributed by atoms with Crippen molar-refractivity contribution >= 4 is 121 Å². The van der Waals surface area contributed by atoms with Crippen molar-refractivity contribution in [2.45, 2.75) is 182 Å². The van der Waals surface area contributed by atoms with Crippen molar-refractivity contribution in [1.82, 2.24) is 0 Å². The molecule has 4 unspecified atom stereocenters. The van der Waals surface area contributed by atoms with Crippen LogP contribution in [0.5, 0.6) is 23.0 Å². The number of alkyl halides is 15. The zero-order chi connectivity index (χ0) is 97.0. The summed E-state index contributed by atoms with van der Waals surface area (Å²) < 4.78 is 401. The lowest BCUT2D eigenvalue weighted by Crippen LogP contribution is -2.61. The molecule has 0 bridgehead atoms. The molecule has 708 valence electrons. The predicted molar refractivity (Wildman–Crippen MR) is 460 cm³/mol. The first-order valence-electron chi connectivity index (χ1n) is 36.7. The fourth-order valence-corrected chi connectivity index (χ4v) is 15.1. The third-order valence-electron chi connectivity index (χ3n) is 16.8. The SMILES string of the molecule is CCC(C)c1ccc(OCCCCS(=O)(=O)[O-])cc1.CCC(C)c1ccc(OCCCS(=O)(=O)[O-])cc1.CCC(C)c1ccc(OS(=O)(=O)C(F)(F)C(F)(F)C(F)(F)S(=O)(=O)[N-]S(=O)(=O)C(F)(F)F)cc1.CCC(C)c1ccc(OS(=O)(=O)C(F)(F)C(F)(F)C(F)(F)S(=O)(=O)[O-])cc1.[SH2+]c1ccccc1.[SH2+]c1ccccc1.[SH2+]c1ccccc1.[SH2+]c1ccccc1. The molecule has 8 rings (SSSR count). The molecule has 0 aliphatic carbocycles. The van der Waals surface area contributed by atoms with Crippen LogP contribution in [0.4, 0.5) is 65.9 Å². The van der Waals surface area contributed by atoms with Gasteiger partial charge in [0.15, 0.2) is 30.2 Å². The van der Waals surface area contributed by atoms with Crippen LogP contribution in [0.25, 0.3) is 4.13 Å². The highest BCUT2D eigenvalue weighted by Crippen LogP contribution is 2.54. The Balaban J connectivity index is 0.000000770. The Bertz CT molecular complexity index is 5250. The van der Waals surface area contributed by atoms with Crippen LogP contribution >= 0.6 is 0 Å². The van der Waals surface area contributed by atoms with Gasteiger partial charge in [-0.2, -0.15) is 82.7 Å². The number of hydrogen-bond donors (Lipinski definition) is 0. The number of rotatable bonds is 33. The van der Waals surface area contributed by atoms with Gasteiger partial charge in [0, 0.05) is 11.5 Å². The van der Waals surface area contributed by atoms with Crippen LogP contribution in [0.15, 0.2) is 238 Å². The molecule has 8 aromatic rings. The molecule has 0 heterocycles. The summed E-state index contributed by atoms with van der Waals surface area (Å²) in [5.41, 5.74) is -3.05. The third kappa shape index (κ3) is 38.1. The van der Waals surface area contributed by atoms with E-state index in [4.69, 9.17) is 9.47 Å². The summed E-state index contributed by atoms with van der Waals surface area (Å²) in [5.74, 6) is -15.0. The Kier molecular flexibility index (Phi) is 47.7. The van der Waals surface area contributed by atoms with E-state index >= 15 is 0 Å². The second-order valence-electron chi connectivity index (χ2n) is 26.5. The molecule has 0 spiro atoms. The molecule has 0 aliphatic rings. The van der Waals surface area contributed by atoms with Gasteiger partial charge in [-0.25, -0.2) is 42.1 Å². The van der Waals surface area contributed by atoms with Gasteiger partial charge in [-0.05, 0) is 238 Å². The first kappa shape index (κ1) is 117. The minimum absolute atomic E-state index is 0.0256. The fourth-order valence-electron chi connectivity index (χ4n) is 8.73. The van der Waals surface area contributed by atoms with Crippen LogP contribution in [-0.2, 0) is 121 Å². The van der Waals surface area contributed by atoms with Gasteiger partial charge in [0.05, 0.1) is 33.5 Å². The van der Waals surface area contributed by atoms with Crippen molar-refractivity contribution in [3.63, 3.8) is 0 Å². The first-order chi connectivity index (χ1) is 57.7. The minimum Gasteiger partial charge on any atom is -0.748 e. The molecule has 0 saturated heterocycles. The smallest absolute Gasteiger partial charge is 0.480 e. The average molecular weight is 2020 g/mol. The van der Waals surface area contributed by atoms with Gasteiger partial charge in [-0.3, -0.25) is 0 Å². The molecule has 0 N–H and O–H groups in total. The summed E-state index contributed by atoms with van der Waals surface area (Å²) in [6.45, 7) is 16.3. The summed E-state index contributed by atoms with van der Waals surface area (Å²) in [6.07, 6.45) is 4.53. The van der Waals surface area contributed by atoms with Gasteiger partial charge in [0.2, 0.25) is 0 Å². The van der Waals surface area contributed by atoms with E-state index in [1.54, 1.807) is 20.8 Å². The summed E-state index contributed by atoms with van der Waals surface area (Å²) in [7, 11) is -44.9. The second kappa shape index (κ2) is 51.4. The molecular weight excluding hydrogens is 1920 g/mol. The Morgan fingerprint density at radius 3 is 0.754 bits per heavy atom. The van der Waals surface area contributed by atoms with E-state index in [1.807, 2.05) is 177 Å². The van der Waals surface area contributed by atoms with Crippen LogP contribution < -0.4 is 17.8 Å². The number of sulfonamides is 2. The lowest BCUT2D eigenvalue weighted by molar-refractivity contribution is -0.247. The Labute approximate surface area is 746 Å². The summed E-state index contributed by atoms with van der Waals surface area (Å²) >= 11 is 13.4. The maximum absolute atomic E-state index is 14.0. The fraction of sp³-hybridized carbons (Fsp3) is 0.385. The predicted octanol–water partition coefficient (Wildman–Crippen LogP) is 17.2. The highest BCUT2D eigenvalue weighted by molar-refractivity contribution is 8.13. The molecule has 0 amide bonds. The molecule has 8 aromatic carbocycles. The van der Waals surface area contributed by atoms with Crippen molar-refractivity contribution < 1.29 is 156 Å². The van der Waals surface area contributed by atoms with E-state index in [0.717, 1.165) is 62.4 Å². The molecule has 48 heteroatoms. The van der Waals surface area contributed by atoms with Gasteiger partial charge in [-0.15, -0.1) is 0 Å². The molecule has 0 aliphatic heterocycles. The normalized spacial score (nSPS) is 13.4. The van der Waals surface area contributed by atoms with E-state index in [0.29, 0.717) is 77.3 Å². The van der Waals surface area contributed by atoms with Crippen LogP contribution in [-0.4, -0.2) is 136 Å². The molecule has 22 nitrogen and oxygen atoms in total. The van der Waals surface area contributed by atoms with E-state index in [1.165, 1.54) is 23.3 Å². The first-order valence-corrected chi connectivity index (χ1v) is 49.0. The zero-order valence-electron chi connectivity index (χ0n) is 67.9. The molecular formula is C78H94F15NO21S11. The van der Waals surface area contributed by atoms with Gasteiger partial charge in [-0.1, -0.05) is 177 Å². The average Bonchev–Trinajstić information content (AvgIpc) is 0.713. The highest BCUT2D eigenvalue weighted by atomic mass is 32.3. The largest absolute Gasteiger partial charge is 0.748 e. The number of unbranched alkanes of at least 4 members (excludes halogenated alkanes) is 1. The highest BCUT2D eigenvalue weighted by Gasteiger charge is 2.82. The van der Waals surface area contributed by atoms with Crippen LogP contribution in [0.3, 0.4) is 0 Å². The monoisotopic (exact) mass is 2020 g/mol. The van der Waals surface area contributed by atoms with Gasteiger partial charge >= 0.3 is 58.6 Å². The van der Waals surface area contributed by atoms with E-state index in [9.17, 15) is 138 Å². The van der Waals surface area contributed by atoms with E-state index in [-0.39, 0.29) is 36.4 Å². The lowest BCUT2D eigenvalue weighted by Gasteiger charge is -2.35. The summed E-state index contributed by atoms with van der Waals surface area (Å²) in [6, 6.07) is 63.2. The number of benzene rings is 8. The lowest BCUT2D eigenvalue weighted by atomic mass is 9.99. The molecule has 0 aromatic heterocycles. The maximum atomic E-state index is 14.0. The Hall–Kier alpha value is -7.20. The standard InChI is InChI=1S/C14H13F9NO7S3.C14H22O4S.C13H14F6O6S2.C13H20O4S.4C6H6S/c1-3-8(2)9-4-6-10(7-5-9)31-34(29,30)13(19,20)11(15,16)12(17,18)32(25,26)24-33(27,28)14(21,22)23;1-3-12(2)13-6-8-14(9-7-13)18-10-4-5-11-19(15,16)17;1-3-8(2)9-4-6-10(7-5-9)25-27(23,24)13(18,19)11(14,15)12(16,17)26(20,21)22;1-3-11(2)12-5-7-13(8-6-12)17-9-4-10-18(14,15)16;4*7-6-4-2-1-3-5-6/h4-8H,3H2,1-2H3;6-9,12H,3-5,10-11H2,1-2H3,(H,15,16,17);4-8H,3H2,1-2H3,(H,20,21,22);5-8,11H,3-4,9-10H2,1-2H3,(H,14,15,16);4*1-5,7H/q-1;;;;;;;/p+1. The number of ether oxygens (including phenoxy) is 2. The summed E-state index contributed by atoms with van der Waals surface area (Å²) in [4.78, 5) is 4.51. The van der Waals surface area contributed by atoms with Crippen LogP contribution in [0.1, 0.15) is 146 Å². The summed E-state index contributed by atoms with van der Waals surface area (Å²) in [5, 5.41) is -28.3. The van der Waals surface area contributed by atoms with Gasteiger partial charge in [0.1, 0.15) is 42.6 Å². The maximum Gasteiger partial charge on any atom is 0.480 e. The third-order valence-corrected chi connectivity index (χ3v) is 26.3. The Morgan fingerprint density at radius 1 is 0.310 bits per heavy atom. The van der Waals surface area contributed by atoms with Crippen LogP contribution in [0.2, 0.25) is 0 Å². The topological polar surface area (TPSA) is 359 Å². The van der Waals surface area contributed by atoms with E-state index < -0.39 is 121 Å². The van der Waals surface area contributed by atoms with Crippen LogP contribution in [0, 0.1) is 0 Å². The van der Waals surface area contributed by atoms with Crippen molar-refractivity contribution in [2.24, 2.45) is 0 Å². The molecule has 0 saturated carbocycles. The molecule has 4 atom stereocenters. The second-order valence-corrected chi connectivity index (χ2v) is 39.9. The van der Waals surface area contributed by atoms with Gasteiger partial charge in [0.25, 0.3) is 0 Å². The number of halogens is 15. The minimum atomic E-state index is -7.96. The molecule has 126 heavy (non-hydrogen) atoms. The van der Waals surface area contributed by atoms with Gasteiger partial charge < -0.3 is 35.6 Å². The number of nitrogens with zero attached hydrogens (tertiary/aromatic N) is 1.